The van der Waals surface area contributed by atoms with Crippen LogP contribution in [0, 0.1) is 0 Å². The fraction of sp³-hybridized carbons (Fsp3) is 0. The highest BCUT2D eigenvalue weighted by atomic mass is 16.3. The van der Waals surface area contributed by atoms with E-state index in [0.717, 1.165) is 66.2 Å². The number of benzene rings is 10. The van der Waals surface area contributed by atoms with E-state index in [1.54, 1.807) is 0 Å². The van der Waals surface area contributed by atoms with Gasteiger partial charge in [-0.05, 0) is 57.6 Å². The molecule has 0 aliphatic rings. The third kappa shape index (κ3) is 5.38. The predicted octanol–water partition coefficient (Wildman–Crippen LogP) is 15.0. The summed E-state index contributed by atoms with van der Waals surface area (Å²) in [5.74, 6) is 1.81. The zero-order valence-electron chi connectivity index (χ0n) is 33.3. The quantitative estimate of drug-likeness (QED) is 0.174. The molecule has 3 heterocycles. The van der Waals surface area contributed by atoms with Crippen LogP contribution < -0.4 is 0 Å². The molecule has 0 radical (unpaired) electrons. The highest BCUT2D eigenvalue weighted by Crippen LogP contribution is 2.44. The van der Waals surface area contributed by atoms with Crippen LogP contribution in [0.25, 0.3) is 127 Å². The lowest BCUT2D eigenvalue weighted by Crippen LogP contribution is -2.00. The fourth-order valence-electron chi connectivity index (χ4n) is 9.41. The van der Waals surface area contributed by atoms with Gasteiger partial charge in [0.1, 0.15) is 11.2 Å². The summed E-state index contributed by atoms with van der Waals surface area (Å²) in [6, 6.07) is 72.8. The van der Waals surface area contributed by atoms with E-state index in [0.29, 0.717) is 17.5 Å². The Morgan fingerprint density at radius 2 is 0.855 bits per heavy atom. The molecule has 0 aliphatic carbocycles. The number of fused-ring (bicyclic) bond motifs is 11. The molecule has 62 heavy (non-hydrogen) atoms. The largest absolute Gasteiger partial charge is 0.455 e. The van der Waals surface area contributed by atoms with E-state index in [1.165, 1.54) is 43.4 Å². The Hall–Kier alpha value is -8.41. The lowest BCUT2D eigenvalue weighted by atomic mass is 10.0. The number of aromatic nitrogens is 4. The van der Waals surface area contributed by atoms with Crippen LogP contribution in [0.4, 0.5) is 0 Å². The number of nitrogens with zero attached hydrogens (tertiary/aromatic N) is 4. The number of hydrogen-bond donors (Lipinski definition) is 0. The first-order valence-electron chi connectivity index (χ1n) is 20.9. The maximum absolute atomic E-state index is 6.91. The minimum absolute atomic E-state index is 0.582. The Balaban J connectivity index is 1.02. The summed E-state index contributed by atoms with van der Waals surface area (Å²) in [5.41, 5.74) is 10.1. The van der Waals surface area contributed by atoms with Crippen molar-refractivity contribution in [3.05, 3.63) is 206 Å². The van der Waals surface area contributed by atoms with Gasteiger partial charge in [0.25, 0.3) is 0 Å². The third-order valence-electron chi connectivity index (χ3n) is 12.4. The van der Waals surface area contributed by atoms with Crippen LogP contribution in [0.2, 0.25) is 0 Å². The van der Waals surface area contributed by atoms with Crippen molar-refractivity contribution in [2.75, 3.05) is 0 Å². The Bertz CT molecular complexity index is 3910. The molecule has 3 aromatic heterocycles. The van der Waals surface area contributed by atoms with Gasteiger partial charge >= 0.3 is 0 Å². The minimum atomic E-state index is 0.582. The second-order valence-corrected chi connectivity index (χ2v) is 16.0. The van der Waals surface area contributed by atoms with E-state index in [4.69, 9.17) is 19.4 Å². The summed E-state index contributed by atoms with van der Waals surface area (Å²) < 4.78 is 9.39. The Labute approximate surface area is 355 Å². The topological polar surface area (TPSA) is 56.7 Å². The van der Waals surface area contributed by atoms with Gasteiger partial charge in [-0.25, -0.2) is 15.0 Å². The van der Waals surface area contributed by atoms with E-state index in [-0.39, 0.29) is 0 Å². The molecule has 0 saturated carbocycles. The molecule has 5 nitrogen and oxygen atoms in total. The standard InChI is InChI=1S/C57H34N4O/c1-3-13-35(14-4-1)36-23-25-39(26-24-36)56-58-55(38-16-5-2-6-17-38)59-57(60-56)42-28-29-45-49-34-51(44-21-11-12-22-47(44)54(49)62-52(45)33-42)61-50-32-41-19-8-7-18-40(41)31-48(50)46-30-27-37-15-9-10-20-43(37)53(46)61/h1-34H. The van der Waals surface area contributed by atoms with E-state index in [1.807, 2.05) is 36.4 Å². The maximum Gasteiger partial charge on any atom is 0.164 e. The highest BCUT2D eigenvalue weighted by molar-refractivity contribution is 6.23. The van der Waals surface area contributed by atoms with E-state index >= 15 is 0 Å². The van der Waals surface area contributed by atoms with Gasteiger partial charge in [0.05, 0.1) is 16.7 Å². The molecule has 10 aromatic carbocycles. The van der Waals surface area contributed by atoms with Gasteiger partial charge in [-0.1, -0.05) is 176 Å². The second kappa shape index (κ2) is 13.6. The molecular weight excluding hydrogens is 757 g/mol. The SMILES string of the molecule is c1ccc(-c2ccc(-c3nc(-c4ccccc4)nc(-c4ccc5c(c4)oc4c6ccccc6c(-n6c7cc8ccccc8cc7c7ccc8ccccc8c76)cc54)n3)cc2)cc1. The lowest BCUT2D eigenvalue weighted by molar-refractivity contribution is 0.672. The second-order valence-electron chi connectivity index (χ2n) is 16.0. The van der Waals surface area contributed by atoms with Crippen molar-refractivity contribution in [3.63, 3.8) is 0 Å². The molecule has 0 saturated heterocycles. The first kappa shape index (κ1) is 34.5. The third-order valence-corrected chi connectivity index (χ3v) is 12.4. The van der Waals surface area contributed by atoms with Crippen LogP contribution in [0.5, 0.6) is 0 Å². The number of hydrogen-bond acceptors (Lipinski definition) is 4. The highest BCUT2D eigenvalue weighted by Gasteiger charge is 2.22. The summed E-state index contributed by atoms with van der Waals surface area (Å²) in [7, 11) is 0. The zero-order chi connectivity index (χ0) is 40.7. The average Bonchev–Trinajstić information content (AvgIpc) is 3.88. The van der Waals surface area contributed by atoms with Gasteiger partial charge in [-0.15, -0.1) is 0 Å². The zero-order valence-corrected chi connectivity index (χ0v) is 33.3. The van der Waals surface area contributed by atoms with Gasteiger partial charge in [0, 0.05) is 54.4 Å². The smallest absolute Gasteiger partial charge is 0.164 e. The Kier molecular flexibility index (Phi) is 7.54. The minimum Gasteiger partial charge on any atom is -0.455 e. The van der Waals surface area contributed by atoms with Crippen molar-refractivity contribution < 1.29 is 4.42 Å². The Morgan fingerprint density at radius 3 is 1.60 bits per heavy atom. The van der Waals surface area contributed by atoms with Gasteiger partial charge in [-0.3, -0.25) is 0 Å². The molecule has 0 amide bonds. The van der Waals surface area contributed by atoms with Crippen molar-refractivity contribution >= 4 is 76.1 Å². The Morgan fingerprint density at radius 1 is 0.323 bits per heavy atom. The summed E-state index contributed by atoms with van der Waals surface area (Å²) >= 11 is 0. The van der Waals surface area contributed by atoms with Crippen LogP contribution in [-0.4, -0.2) is 19.5 Å². The fourth-order valence-corrected chi connectivity index (χ4v) is 9.41. The van der Waals surface area contributed by atoms with Crippen molar-refractivity contribution in [2.45, 2.75) is 0 Å². The van der Waals surface area contributed by atoms with Gasteiger partial charge in [0.2, 0.25) is 0 Å². The van der Waals surface area contributed by atoms with Gasteiger partial charge < -0.3 is 8.98 Å². The molecule has 0 N–H and O–H groups in total. The van der Waals surface area contributed by atoms with Crippen molar-refractivity contribution in [2.24, 2.45) is 0 Å². The average molecular weight is 791 g/mol. The van der Waals surface area contributed by atoms with Gasteiger partial charge in [0.15, 0.2) is 17.5 Å². The van der Waals surface area contributed by atoms with Crippen molar-refractivity contribution in [1.82, 2.24) is 19.5 Å². The number of rotatable bonds is 5. The van der Waals surface area contributed by atoms with Crippen LogP contribution in [0.15, 0.2) is 211 Å². The first-order valence-corrected chi connectivity index (χ1v) is 20.9. The van der Waals surface area contributed by atoms with Crippen LogP contribution in [0.1, 0.15) is 0 Å². The monoisotopic (exact) mass is 790 g/mol. The molecule has 0 spiro atoms. The van der Waals surface area contributed by atoms with E-state index in [9.17, 15) is 0 Å². The summed E-state index contributed by atoms with van der Waals surface area (Å²) in [5, 5.41) is 11.6. The molecule has 0 bridgehead atoms. The van der Waals surface area contributed by atoms with Crippen LogP contribution in [0.3, 0.4) is 0 Å². The normalized spacial score (nSPS) is 11.9. The molecule has 5 heteroatoms. The lowest BCUT2D eigenvalue weighted by Gasteiger charge is -2.14. The van der Waals surface area contributed by atoms with Crippen molar-refractivity contribution in [1.29, 1.82) is 0 Å². The van der Waals surface area contributed by atoms with Gasteiger partial charge in [-0.2, -0.15) is 0 Å². The molecule has 13 rings (SSSR count). The molecule has 0 unspecified atom stereocenters. The summed E-state index contributed by atoms with van der Waals surface area (Å²) in [4.78, 5) is 15.2. The molecule has 13 aromatic rings. The first-order chi connectivity index (χ1) is 30.7. The summed E-state index contributed by atoms with van der Waals surface area (Å²) in [6.07, 6.45) is 0. The number of furan rings is 1. The van der Waals surface area contributed by atoms with Crippen LogP contribution in [-0.2, 0) is 0 Å². The van der Waals surface area contributed by atoms with E-state index < -0.39 is 0 Å². The van der Waals surface area contributed by atoms with E-state index in [2.05, 4.69) is 174 Å². The maximum atomic E-state index is 6.91. The molecule has 0 atom stereocenters. The van der Waals surface area contributed by atoms with Crippen LogP contribution >= 0.6 is 0 Å². The van der Waals surface area contributed by atoms with Crippen molar-refractivity contribution in [3.8, 4) is 51.0 Å². The molecule has 0 aliphatic heterocycles. The predicted molar refractivity (Wildman–Crippen MR) is 256 cm³/mol. The molecular formula is C57H34N4O. The summed E-state index contributed by atoms with van der Waals surface area (Å²) in [6.45, 7) is 0. The molecule has 288 valence electrons. The molecule has 0 fully saturated rings.